The zero-order valence-electron chi connectivity index (χ0n) is 12.9. The number of benzene rings is 2. The Balaban J connectivity index is 2.22. The highest BCUT2D eigenvalue weighted by atomic mass is 79.9. The molecule has 0 bridgehead atoms. The van der Waals surface area contributed by atoms with E-state index in [0.717, 1.165) is 11.0 Å². The first-order valence-electron chi connectivity index (χ1n) is 7.23. The predicted molar refractivity (Wildman–Crippen MR) is 93.3 cm³/mol. The van der Waals surface area contributed by atoms with Gasteiger partial charge in [0.15, 0.2) is 0 Å². The van der Waals surface area contributed by atoms with Gasteiger partial charge in [-0.25, -0.2) is 0 Å². The summed E-state index contributed by atoms with van der Waals surface area (Å²) in [6.07, 6.45) is 0. The molecule has 0 saturated heterocycles. The third kappa shape index (κ3) is 3.94. The van der Waals surface area contributed by atoms with Crippen LogP contribution in [0.25, 0.3) is 0 Å². The number of hydrogen-bond donors (Lipinski definition) is 1. The largest absolute Gasteiger partial charge is 0.329 e. The monoisotopic (exact) mass is 346 g/mol. The minimum absolute atomic E-state index is 0.208. The number of nitrogens with zero attached hydrogens (tertiary/aromatic N) is 1. The zero-order valence-corrected chi connectivity index (χ0v) is 14.5. The Kier molecular flexibility index (Phi) is 5.57. The molecule has 0 amide bonds. The molecule has 1 unspecified atom stereocenters. The van der Waals surface area contributed by atoms with Gasteiger partial charge in [-0.2, -0.15) is 0 Å². The molecule has 2 N–H and O–H groups in total. The standard InChI is InChI=1S/C18H23BrN2/c1-13-8-9-16(17(19)10-13)18(11-20)21(3)12-15-7-5-4-6-14(15)2/h4-10,18H,11-12,20H2,1-3H3. The summed E-state index contributed by atoms with van der Waals surface area (Å²) in [7, 11) is 2.14. The molecular formula is C18H23BrN2. The molecule has 1 atom stereocenters. The Labute approximate surface area is 136 Å². The van der Waals surface area contributed by atoms with Crippen LogP contribution in [0.4, 0.5) is 0 Å². The van der Waals surface area contributed by atoms with Gasteiger partial charge in [-0.3, -0.25) is 4.90 Å². The first kappa shape index (κ1) is 16.2. The van der Waals surface area contributed by atoms with Crippen LogP contribution in [0.1, 0.15) is 28.3 Å². The summed E-state index contributed by atoms with van der Waals surface area (Å²) in [4.78, 5) is 2.32. The van der Waals surface area contributed by atoms with Gasteiger partial charge in [-0.1, -0.05) is 52.3 Å². The van der Waals surface area contributed by atoms with Crippen molar-refractivity contribution in [1.82, 2.24) is 4.90 Å². The van der Waals surface area contributed by atoms with E-state index in [1.54, 1.807) is 0 Å². The van der Waals surface area contributed by atoms with Gasteiger partial charge < -0.3 is 5.73 Å². The summed E-state index contributed by atoms with van der Waals surface area (Å²) in [5.74, 6) is 0. The van der Waals surface area contributed by atoms with Crippen molar-refractivity contribution in [2.75, 3.05) is 13.6 Å². The van der Waals surface area contributed by atoms with Crippen molar-refractivity contribution in [3.8, 4) is 0 Å². The Morgan fingerprint density at radius 2 is 1.86 bits per heavy atom. The quantitative estimate of drug-likeness (QED) is 0.878. The van der Waals surface area contributed by atoms with Crippen LogP contribution < -0.4 is 5.73 Å². The lowest BCUT2D eigenvalue weighted by atomic mass is 10.0. The van der Waals surface area contributed by atoms with Crippen LogP contribution in [0.15, 0.2) is 46.9 Å². The maximum Gasteiger partial charge on any atom is 0.0482 e. The molecule has 2 aromatic rings. The molecule has 0 spiro atoms. The molecule has 0 heterocycles. The SMILES string of the molecule is Cc1ccc(C(CN)N(C)Cc2ccccc2C)c(Br)c1. The number of likely N-dealkylation sites (N-methyl/N-ethyl adjacent to an activating group) is 1. The van der Waals surface area contributed by atoms with Gasteiger partial charge in [0.1, 0.15) is 0 Å². The summed E-state index contributed by atoms with van der Waals surface area (Å²) in [5, 5.41) is 0. The number of aryl methyl sites for hydroxylation is 2. The van der Waals surface area contributed by atoms with Crippen LogP contribution in [0, 0.1) is 13.8 Å². The third-order valence-corrected chi connectivity index (χ3v) is 4.64. The van der Waals surface area contributed by atoms with E-state index < -0.39 is 0 Å². The van der Waals surface area contributed by atoms with Gasteiger partial charge in [-0.15, -0.1) is 0 Å². The summed E-state index contributed by atoms with van der Waals surface area (Å²) in [6, 6.07) is 15.2. The second-order valence-corrected chi connectivity index (χ2v) is 6.47. The fourth-order valence-corrected chi connectivity index (χ4v) is 3.37. The molecule has 2 nitrogen and oxygen atoms in total. The maximum absolute atomic E-state index is 6.04. The lowest BCUT2D eigenvalue weighted by molar-refractivity contribution is 0.240. The smallest absolute Gasteiger partial charge is 0.0482 e. The van der Waals surface area contributed by atoms with Crippen molar-refractivity contribution in [2.24, 2.45) is 5.73 Å². The molecule has 2 rings (SSSR count). The second-order valence-electron chi connectivity index (χ2n) is 5.62. The molecular weight excluding hydrogens is 324 g/mol. The number of halogens is 1. The maximum atomic E-state index is 6.04. The van der Waals surface area contributed by atoms with E-state index in [-0.39, 0.29) is 6.04 Å². The summed E-state index contributed by atoms with van der Waals surface area (Å²) < 4.78 is 1.13. The fourth-order valence-electron chi connectivity index (χ4n) is 2.61. The average molecular weight is 347 g/mol. The number of rotatable bonds is 5. The summed E-state index contributed by atoms with van der Waals surface area (Å²) >= 11 is 3.67. The van der Waals surface area contributed by atoms with Crippen molar-refractivity contribution < 1.29 is 0 Å². The highest BCUT2D eigenvalue weighted by Gasteiger charge is 2.18. The molecule has 0 saturated carbocycles. The van der Waals surface area contributed by atoms with Crippen LogP contribution in [0.3, 0.4) is 0 Å². The van der Waals surface area contributed by atoms with Crippen molar-refractivity contribution in [2.45, 2.75) is 26.4 Å². The predicted octanol–water partition coefficient (Wildman–Crippen LogP) is 4.20. The van der Waals surface area contributed by atoms with Crippen LogP contribution >= 0.6 is 15.9 Å². The van der Waals surface area contributed by atoms with Gasteiger partial charge in [0.05, 0.1) is 0 Å². The number of hydrogen-bond acceptors (Lipinski definition) is 2. The van der Waals surface area contributed by atoms with E-state index in [2.05, 4.69) is 84.2 Å². The van der Waals surface area contributed by atoms with E-state index >= 15 is 0 Å². The van der Waals surface area contributed by atoms with Crippen molar-refractivity contribution in [3.63, 3.8) is 0 Å². The van der Waals surface area contributed by atoms with Gasteiger partial charge in [0.25, 0.3) is 0 Å². The van der Waals surface area contributed by atoms with Crippen LogP contribution in [0.2, 0.25) is 0 Å². The summed E-state index contributed by atoms with van der Waals surface area (Å²) in [5.41, 5.74) is 11.2. The van der Waals surface area contributed by atoms with Crippen LogP contribution in [-0.4, -0.2) is 18.5 Å². The van der Waals surface area contributed by atoms with Crippen molar-refractivity contribution >= 4 is 15.9 Å². The minimum atomic E-state index is 0.208. The Hall–Kier alpha value is -1.16. The zero-order chi connectivity index (χ0) is 15.4. The van der Waals surface area contributed by atoms with E-state index in [4.69, 9.17) is 5.73 Å². The highest BCUT2D eigenvalue weighted by molar-refractivity contribution is 9.10. The molecule has 0 aliphatic carbocycles. The van der Waals surface area contributed by atoms with Gasteiger partial charge in [0.2, 0.25) is 0 Å². The second kappa shape index (κ2) is 7.21. The van der Waals surface area contributed by atoms with Gasteiger partial charge >= 0.3 is 0 Å². The molecule has 0 aromatic heterocycles. The Morgan fingerprint density at radius 3 is 2.48 bits per heavy atom. The lowest BCUT2D eigenvalue weighted by Crippen LogP contribution is -2.30. The minimum Gasteiger partial charge on any atom is -0.329 e. The van der Waals surface area contributed by atoms with Crippen molar-refractivity contribution in [3.05, 3.63) is 69.2 Å². The lowest BCUT2D eigenvalue weighted by Gasteiger charge is -2.29. The molecule has 0 fully saturated rings. The Bertz CT molecular complexity index is 610. The first-order chi connectivity index (χ1) is 10.0. The van der Waals surface area contributed by atoms with Crippen LogP contribution in [-0.2, 0) is 6.54 Å². The van der Waals surface area contributed by atoms with E-state index in [0.29, 0.717) is 6.54 Å². The highest BCUT2D eigenvalue weighted by Crippen LogP contribution is 2.28. The average Bonchev–Trinajstić information content (AvgIpc) is 2.44. The summed E-state index contributed by atoms with van der Waals surface area (Å²) in [6.45, 7) is 5.75. The molecule has 0 aliphatic heterocycles. The van der Waals surface area contributed by atoms with E-state index in [9.17, 15) is 0 Å². The first-order valence-corrected chi connectivity index (χ1v) is 8.03. The molecule has 0 radical (unpaired) electrons. The fraction of sp³-hybridized carbons (Fsp3) is 0.333. The molecule has 112 valence electrons. The van der Waals surface area contributed by atoms with E-state index in [1.807, 2.05) is 0 Å². The molecule has 21 heavy (non-hydrogen) atoms. The molecule has 0 aliphatic rings. The Morgan fingerprint density at radius 1 is 1.14 bits per heavy atom. The van der Waals surface area contributed by atoms with Gasteiger partial charge in [-0.05, 0) is 49.2 Å². The third-order valence-electron chi connectivity index (χ3n) is 3.95. The molecule has 3 heteroatoms. The van der Waals surface area contributed by atoms with E-state index in [1.165, 1.54) is 22.3 Å². The number of nitrogens with two attached hydrogens (primary N) is 1. The molecule has 2 aromatic carbocycles. The van der Waals surface area contributed by atoms with Crippen LogP contribution in [0.5, 0.6) is 0 Å². The van der Waals surface area contributed by atoms with Crippen molar-refractivity contribution in [1.29, 1.82) is 0 Å². The topological polar surface area (TPSA) is 29.3 Å². The van der Waals surface area contributed by atoms with Gasteiger partial charge in [0, 0.05) is 23.6 Å². The normalized spacial score (nSPS) is 12.7.